The van der Waals surface area contributed by atoms with Crippen LogP contribution in [-0.2, 0) is 0 Å². The average Bonchev–Trinajstić information content (AvgIpc) is 2.18. The number of likely N-dealkylation sites (N-methyl/N-ethyl adjacent to an activating group) is 1. The predicted octanol–water partition coefficient (Wildman–Crippen LogP) is -0.115. The zero-order chi connectivity index (χ0) is 11.0. The number of nitrogens with zero attached hydrogens (tertiary/aromatic N) is 2. The topological polar surface area (TPSA) is 17.3 Å². The first kappa shape index (κ1) is 22.0. The Hall–Kier alpha value is 0.746. The maximum Gasteiger partial charge on any atom is 2.00 e. The Morgan fingerprint density at radius 3 is 2.06 bits per heavy atom. The van der Waals surface area contributed by atoms with Crippen molar-refractivity contribution in [2.75, 3.05) is 26.2 Å². The standard InChI is InChI=1S/C12H25N2.BrH.Mg/c1-6-12(11(4)5)13-9-10-14(7-2)8-3;;/h6,11H,7-10H2,1-5H3;1H;/q-1;;+2/p-1/b12-6-;;. The third kappa shape index (κ3) is 9.94. The summed E-state index contributed by atoms with van der Waals surface area (Å²) in [5.41, 5.74) is 1.23. The quantitative estimate of drug-likeness (QED) is 0.600. The van der Waals surface area contributed by atoms with Gasteiger partial charge in [-0.05, 0) is 32.5 Å². The molecule has 0 aliphatic carbocycles. The Bertz CT molecular complexity index is 168. The summed E-state index contributed by atoms with van der Waals surface area (Å²) in [5.74, 6) is 0.553. The van der Waals surface area contributed by atoms with Crippen LogP contribution in [0.15, 0.2) is 11.8 Å². The van der Waals surface area contributed by atoms with Gasteiger partial charge in [-0.25, -0.2) is 0 Å². The van der Waals surface area contributed by atoms with Gasteiger partial charge < -0.3 is 27.2 Å². The number of rotatable bonds is 7. The van der Waals surface area contributed by atoms with Gasteiger partial charge in [0.15, 0.2) is 0 Å². The van der Waals surface area contributed by atoms with Crippen LogP contribution in [0.4, 0.5) is 0 Å². The molecule has 0 aromatic heterocycles. The summed E-state index contributed by atoms with van der Waals surface area (Å²) < 4.78 is 0. The molecule has 0 heterocycles. The second-order valence-corrected chi connectivity index (χ2v) is 3.78. The molecular formula is C12H25BrMgN2. The summed E-state index contributed by atoms with van der Waals surface area (Å²) in [6, 6.07) is 0. The SMILES string of the molecule is C/C=C(\[N-]CCN(CC)CC)C(C)C.[Br-].[Mg+2]. The van der Waals surface area contributed by atoms with Crippen molar-refractivity contribution in [3.63, 3.8) is 0 Å². The van der Waals surface area contributed by atoms with Crippen LogP contribution in [0, 0.1) is 5.92 Å². The van der Waals surface area contributed by atoms with Crippen molar-refractivity contribution in [2.24, 2.45) is 5.92 Å². The van der Waals surface area contributed by atoms with Gasteiger partial charge in [0.1, 0.15) is 0 Å². The molecule has 0 aliphatic rings. The van der Waals surface area contributed by atoms with E-state index in [4.69, 9.17) is 0 Å². The number of allylic oxidation sites excluding steroid dienone is 2. The van der Waals surface area contributed by atoms with E-state index in [1.54, 1.807) is 0 Å². The predicted molar refractivity (Wildman–Crippen MR) is 70.4 cm³/mol. The molecule has 16 heavy (non-hydrogen) atoms. The minimum atomic E-state index is 0. The van der Waals surface area contributed by atoms with Crippen LogP contribution in [0.2, 0.25) is 0 Å². The Kier molecular flexibility index (Phi) is 19.0. The Balaban J connectivity index is -0.000000845. The summed E-state index contributed by atoms with van der Waals surface area (Å²) in [7, 11) is 0. The van der Waals surface area contributed by atoms with Crippen LogP contribution < -0.4 is 17.0 Å². The van der Waals surface area contributed by atoms with Crippen LogP contribution in [0.1, 0.15) is 34.6 Å². The van der Waals surface area contributed by atoms with Gasteiger partial charge in [0.05, 0.1) is 0 Å². The van der Waals surface area contributed by atoms with Crippen molar-refractivity contribution in [3.8, 4) is 0 Å². The molecule has 0 N–H and O–H groups in total. The first-order valence-corrected chi connectivity index (χ1v) is 5.71. The van der Waals surface area contributed by atoms with Gasteiger partial charge in [-0.2, -0.15) is 5.70 Å². The molecule has 92 valence electrons. The van der Waals surface area contributed by atoms with Crippen LogP contribution in [-0.4, -0.2) is 54.1 Å². The summed E-state index contributed by atoms with van der Waals surface area (Å²) >= 11 is 0. The van der Waals surface area contributed by atoms with E-state index in [0.717, 1.165) is 26.2 Å². The number of hydrogen-bond donors (Lipinski definition) is 0. The van der Waals surface area contributed by atoms with Gasteiger partial charge in [-0.3, -0.25) is 0 Å². The van der Waals surface area contributed by atoms with Gasteiger partial charge in [0.2, 0.25) is 0 Å². The van der Waals surface area contributed by atoms with Gasteiger partial charge in [0, 0.05) is 0 Å². The molecule has 0 aliphatic heterocycles. The molecule has 0 saturated carbocycles. The smallest absolute Gasteiger partial charge is 1.00 e. The van der Waals surface area contributed by atoms with E-state index in [9.17, 15) is 0 Å². The molecular weight excluding hydrogens is 276 g/mol. The summed E-state index contributed by atoms with van der Waals surface area (Å²) in [4.78, 5) is 2.40. The van der Waals surface area contributed by atoms with Gasteiger partial charge in [0.25, 0.3) is 0 Å². The third-order valence-electron chi connectivity index (χ3n) is 2.49. The summed E-state index contributed by atoms with van der Waals surface area (Å²) in [6.45, 7) is 15.1. The Labute approximate surface area is 128 Å². The second-order valence-electron chi connectivity index (χ2n) is 3.78. The van der Waals surface area contributed by atoms with Crippen LogP contribution in [0.5, 0.6) is 0 Å². The largest absolute Gasteiger partial charge is 2.00 e. The van der Waals surface area contributed by atoms with E-state index in [2.05, 4.69) is 50.9 Å². The maximum atomic E-state index is 4.60. The van der Waals surface area contributed by atoms with E-state index in [1.165, 1.54) is 5.70 Å². The fraction of sp³-hybridized carbons (Fsp3) is 0.833. The maximum absolute atomic E-state index is 4.60. The van der Waals surface area contributed by atoms with Crippen molar-refractivity contribution >= 4 is 23.1 Å². The molecule has 0 atom stereocenters. The molecule has 2 nitrogen and oxygen atoms in total. The summed E-state index contributed by atoms with van der Waals surface area (Å²) in [5, 5.41) is 4.60. The minimum Gasteiger partial charge on any atom is -1.00 e. The Morgan fingerprint density at radius 1 is 1.25 bits per heavy atom. The first-order valence-electron chi connectivity index (χ1n) is 5.71. The van der Waals surface area contributed by atoms with Crippen molar-refractivity contribution < 1.29 is 17.0 Å². The number of hydrogen-bond acceptors (Lipinski definition) is 1. The zero-order valence-corrected chi connectivity index (χ0v) is 14.5. The molecule has 0 radical (unpaired) electrons. The van der Waals surface area contributed by atoms with E-state index < -0.39 is 0 Å². The molecule has 0 amide bonds. The minimum absolute atomic E-state index is 0. The van der Waals surface area contributed by atoms with Crippen molar-refractivity contribution in [1.82, 2.24) is 4.90 Å². The zero-order valence-electron chi connectivity index (χ0n) is 11.5. The van der Waals surface area contributed by atoms with Gasteiger partial charge in [-0.1, -0.05) is 27.7 Å². The van der Waals surface area contributed by atoms with Crippen LogP contribution in [0.25, 0.3) is 5.32 Å². The van der Waals surface area contributed by atoms with E-state index in [1.807, 2.05) is 0 Å². The molecule has 0 unspecified atom stereocenters. The normalized spacial score (nSPS) is 11.1. The van der Waals surface area contributed by atoms with Crippen molar-refractivity contribution in [2.45, 2.75) is 34.6 Å². The molecule has 0 rings (SSSR count). The fourth-order valence-corrected chi connectivity index (χ4v) is 1.47. The van der Waals surface area contributed by atoms with E-state index >= 15 is 0 Å². The van der Waals surface area contributed by atoms with Crippen molar-refractivity contribution in [3.05, 3.63) is 17.1 Å². The molecule has 0 aromatic carbocycles. The molecule has 4 heteroatoms. The fourth-order valence-electron chi connectivity index (χ4n) is 1.47. The van der Waals surface area contributed by atoms with E-state index in [0.29, 0.717) is 5.92 Å². The summed E-state index contributed by atoms with van der Waals surface area (Å²) in [6.07, 6.45) is 2.12. The second kappa shape index (κ2) is 13.8. The van der Waals surface area contributed by atoms with Crippen molar-refractivity contribution in [1.29, 1.82) is 0 Å². The molecule has 0 bridgehead atoms. The monoisotopic (exact) mass is 300 g/mol. The number of halogens is 1. The first-order chi connectivity index (χ1) is 6.65. The molecule has 0 fully saturated rings. The molecule has 0 saturated heterocycles. The van der Waals surface area contributed by atoms with Gasteiger partial charge in [-0.15, -0.1) is 12.6 Å². The third-order valence-corrected chi connectivity index (χ3v) is 2.49. The molecule has 0 spiro atoms. The van der Waals surface area contributed by atoms with Crippen LogP contribution in [0.3, 0.4) is 0 Å². The molecule has 0 aromatic rings. The van der Waals surface area contributed by atoms with E-state index in [-0.39, 0.29) is 40.0 Å². The Morgan fingerprint density at radius 2 is 1.75 bits per heavy atom. The van der Waals surface area contributed by atoms with Gasteiger partial charge >= 0.3 is 23.1 Å². The van der Waals surface area contributed by atoms with Crippen LogP contribution >= 0.6 is 0 Å². The average molecular weight is 302 g/mol.